The van der Waals surface area contributed by atoms with Crippen molar-refractivity contribution in [2.45, 2.75) is 52.4 Å². The van der Waals surface area contributed by atoms with Crippen LogP contribution in [0.1, 0.15) is 52.4 Å². The van der Waals surface area contributed by atoms with Crippen LogP contribution in [-0.4, -0.2) is 61.4 Å². The topological polar surface area (TPSA) is 52.7 Å². The van der Waals surface area contributed by atoms with Crippen LogP contribution in [-0.2, 0) is 9.59 Å². The number of hydrogen-bond acceptors (Lipinski definition) is 3. The van der Waals surface area contributed by atoms with Gasteiger partial charge in [0.15, 0.2) is 0 Å². The summed E-state index contributed by atoms with van der Waals surface area (Å²) in [6, 6.07) is 0. The van der Waals surface area contributed by atoms with Crippen molar-refractivity contribution in [2.24, 2.45) is 22.2 Å². The van der Waals surface area contributed by atoms with Gasteiger partial charge in [-0.1, -0.05) is 13.8 Å². The van der Waals surface area contributed by atoms with Crippen LogP contribution in [0.25, 0.3) is 0 Å². The maximum Gasteiger partial charge on any atom is 0.242 e. The van der Waals surface area contributed by atoms with Gasteiger partial charge in [-0.3, -0.25) is 9.59 Å². The molecule has 0 aromatic rings. The molecule has 1 saturated heterocycles. The van der Waals surface area contributed by atoms with E-state index < -0.39 is 0 Å². The first-order valence-electron chi connectivity index (χ1n) is 9.97. The molecule has 148 valence electrons. The number of likely N-dealkylation sites (N-methyl/N-ethyl adjacent to an activating group) is 1. The molecular weight excluding hydrogens is 350 g/mol. The Morgan fingerprint density at radius 2 is 1.62 bits per heavy atom. The molecule has 0 aromatic carbocycles. The summed E-state index contributed by atoms with van der Waals surface area (Å²) >= 11 is 0. The van der Waals surface area contributed by atoms with Crippen LogP contribution in [0.4, 0.5) is 0 Å². The molecule has 2 amide bonds. The maximum absolute atomic E-state index is 13.4. The molecule has 1 heterocycles. The van der Waals surface area contributed by atoms with Gasteiger partial charge in [0, 0.05) is 33.2 Å². The number of piperazine rings is 1. The lowest BCUT2D eigenvalue weighted by molar-refractivity contribution is -0.179. The molecule has 5 aliphatic rings. The molecular formula is C20H34ClN3O2. The van der Waals surface area contributed by atoms with Crippen molar-refractivity contribution in [1.82, 2.24) is 15.1 Å². The Morgan fingerprint density at radius 3 is 2.15 bits per heavy atom. The van der Waals surface area contributed by atoms with Crippen molar-refractivity contribution in [3.8, 4) is 0 Å². The molecule has 4 saturated carbocycles. The van der Waals surface area contributed by atoms with Gasteiger partial charge in [-0.05, 0) is 55.3 Å². The van der Waals surface area contributed by atoms with E-state index in [0.717, 1.165) is 45.4 Å². The monoisotopic (exact) mass is 383 g/mol. The van der Waals surface area contributed by atoms with E-state index in [-0.39, 0.29) is 36.2 Å². The molecule has 2 atom stereocenters. The normalized spacial score (nSPS) is 40.9. The molecule has 0 aromatic heterocycles. The van der Waals surface area contributed by atoms with Crippen LogP contribution < -0.4 is 5.32 Å². The van der Waals surface area contributed by atoms with E-state index in [0.29, 0.717) is 16.7 Å². The summed E-state index contributed by atoms with van der Waals surface area (Å²) in [6.07, 6.45) is 6.95. The van der Waals surface area contributed by atoms with Gasteiger partial charge in [0.25, 0.3) is 0 Å². The zero-order chi connectivity index (χ0) is 17.9. The third kappa shape index (κ3) is 3.37. The summed E-state index contributed by atoms with van der Waals surface area (Å²) in [5.41, 5.74) is 0.446. The van der Waals surface area contributed by atoms with Crippen molar-refractivity contribution in [2.75, 3.05) is 39.8 Å². The average Bonchev–Trinajstić information content (AvgIpc) is 2.51. The van der Waals surface area contributed by atoms with Crippen LogP contribution in [0.3, 0.4) is 0 Å². The SMILES string of the molecule is CN(CC(=O)N1CCNCC1)C(=O)C12CC3CC(C)(CC(C)(C3)C1)C2.Cl. The molecule has 4 aliphatic carbocycles. The fourth-order valence-electron chi connectivity index (χ4n) is 7.38. The lowest BCUT2D eigenvalue weighted by Gasteiger charge is -2.65. The summed E-state index contributed by atoms with van der Waals surface area (Å²) in [4.78, 5) is 29.6. The van der Waals surface area contributed by atoms with Crippen LogP contribution >= 0.6 is 12.4 Å². The second kappa shape index (κ2) is 6.66. The molecule has 4 bridgehead atoms. The summed E-state index contributed by atoms with van der Waals surface area (Å²) in [5, 5.41) is 3.27. The highest BCUT2D eigenvalue weighted by atomic mass is 35.5. The third-order valence-corrected chi connectivity index (χ3v) is 7.27. The number of amides is 2. The van der Waals surface area contributed by atoms with E-state index in [1.165, 1.54) is 19.3 Å². The highest BCUT2D eigenvalue weighted by molar-refractivity contribution is 5.88. The first-order chi connectivity index (χ1) is 11.7. The summed E-state index contributed by atoms with van der Waals surface area (Å²) < 4.78 is 0. The highest BCUT2D eigenvalue weighted by Gasteiger charge is 2.63. The van der Waals surface area contributed by atoms with Crippen molar-refractivity contribution in [3.63, 3.8) is 0 Å². The Labute approximate surface area is 163 Å². The Balaban J connectivity index is 0.00000196. The van der Waals surface area contributed by atoms with Gasteiger partial charge in [-0.25, -0.2) is 0 Å². The van der Waals surface area contributed by atoms with Crippen molar-refractivity contribution < 1.29 is 9.59 Å². The zero-order valence-corrected chi connectivity index (χ0v) is 17.3. The largest absolute Gasteiger partial charge is 0.339 e. The third-order valence-electron chi connectivity index (χ3n) is 7.27. The molecule has 6 heteroatoms. The maximum atomic E-state index is 13.4. The second-order valence-corrected chi connectivity index (χ2v) is 10.2. The number of rotatable bonds is 3. The summed E-state index contributed by atoms with van der Waals surface area (Å²) in [7, 11) is 1.84. The molecule has 5 fully saturated rings. The van der Waals surface area contributed by atoms with E-state index in [9.17, 15) is 9.59 Å². The van der Waals surface area contributed by atoms with E-state index in [1.54, 1.807) is 4.90 Å². The minimum atomic E-state index is -0.207. The predicted octanol–water partition coefficient (Wildman–Crippen LogP) is 2.30. The van der Waals surface area contributed by atoms with Crippen LogP contribution in [0.15, 0.2) is 0 Å². The molecule has 1 aliphatic heterocycles. The Hall–Kier alpha value is -0.810. The number of halogens is 1. The van der Waals surface area contributed by atoms with E-state index in [4.69, 9.17) is 0 Å². The van der Waals surface area contributed by atoms with Gasteiger partial charge in [-0.15, -0.1) is 12.4 Å². The van der Waals surface area contributed by atoms with Crippen molar-refractivity contribution in [3.05, 3.63) is 0 Å². The average molecular weight is 384 g/mol. The molecule has 0 radical (unpaired) electrons. The lowest BCUT2D eigenvalue weighted by Crippen LogP contribution is -2.60. The van der Waals surface area contributed by atoms with Gasteiger partial charge in [-0.2, -0.15) is 0 Å². The Kier molecular flexibility index (Phi) is 5.11. The van der Waals surface area contributed by atoms with E-state index >= 15 is 0 Å². The van der Waals surface area contributed by atoms with Gasteiger partial charge in [0.2, 0.25) is 11.8 Å². The van der Waals surface area contributed by atoms with Crippen molar-refractivity contribution in [1.29, 1.82) is 0 Å². The zero-order valence-electron chi connectivity index (χ0n) is 16.5. The minimum absolute atomic E-state index is 0. The first-order valence-corrected chi connectivity index (χ1v) is 9.97. The molecule has 26 heavy (non-hydrogen) atoms. The second-order valence-electron chi connectivity index (χ2n) is 10.2. The number of carbonyl (C=O) groups excluding carboxylic acids is 2. The Morgan fingerprint density at radius 1 is 1.04 bits per heavy atom. The van der Waals surface area contributed by atoms with Crippen LogP contribution in [0.2, 0.25) is 0 Å². The predicted molar refractivity (Wildman–Crippen MR) is 104 cm³/mol. The van der Waals surface area contributed by atoms with Gasteiger partial charge in [0.1, 0.15) is 0 Å². The highest BCUT2D eigenvalue weighted by Crippen LogP contribution is 2.69. The van der Waals surface area contributed by atoms with Gasteiger partial charge < -0.3 is 15.1 Å². The fraction of sp³-hybridized carbons (Fsp3) is 0.900. The molecule has 1 N–H and O–H groups in total. The standard InChI is InChI=1S/C20H33N3O2.ClH/c1-18-8-15-9-19(2,12-18)14-20(10-15,13-18)17(25)22(3)11-16(24)23-6-4-21-5-7-23;/h15,21H,4-14H2,1-3H3;1H. The molecule has 0 spiro atoms. The summed E-state index contributed by atoms with van der Waals surface area (Å²) in [5.74, 6) is 1.03. The lowest BCUT2D eigenvalue weighted by atomic mass is 9.40. The van der Waals surface area contributed by atoms with Gasteiger partial charge >= 0.3 is 0 Å². The van der Waals surface area contributed by atoms with Crippen LogP contribution in [0, 0.1) is 22.2 Å². The fourth-order valence-corrected chi connectivity index (χ4v) is 7.38. The number of hydrogen-bond donors (Lipinski definition) is 1. The molecule has 2 unspecified atom stereocenters. The Bertz CT molecular complexity index is 572. The quantitative estimate of drug-likeness (QED) is 0.813. The number of carbonyl (C=O) groups is 2. The smallest absolute Gasteiger partial charge is 0.242 e. The van der Waals surface area contributed by atoms with Crippen molar-refractivity contribution >= 4 is 24.2 Å². The van der Waals surface area contributed by atoms with E-state index in [2.05, 4.69) is 19.2 Å². The molecule has 5 nitrogen and oxygen atoms in total. The first kappa shape index (κ1) is 19.9. The van der Waals surface area contributed by atoms with Gasteiger partial charge in [0.05, 0.1) is 12.0 Å². The molecule has 5 rings (SSSR count). The minimum Gasteiger partial charge on any atom is -0.339 e. The van der Waals surface area contributed by atoms with E-state index in [1.807, 2.05) is 11.9 Å². The number of nitrogens with one attached hydrogen (secondary N) is 1. The number of nitrogens with zero attached hydrogens (tertiary/aromatic N) is 2. The van der Waals surface area contributed by atoms with Crippen LogP contribution in [0.5, 0.6) is 0 Å². The summed E-state index contributed by atoms with van der Waals surface area (Å²) in [6.45, 7) is 8.23.